The molecule has 0 saturated heterocycles. The van der Waals surface area contributed by atoms with Crippen LogP contribution in [-0.4, -0.2) is 7.11 Å². The molecular formula is C17H21NO. The predicted molar refractivity (Wildman–Crippen MR) is 80.9 cm³/mol. The van der Waals surface area contributed by atoms with Gasteiger partial charge in [0.05, 0.1) is 7.11 Å². The molecule has 2 nitrogen and oxygen atoms in total. The summed E-state index contributed by atoms with van der Waals surface area (Å²) in [6.07, 6.45) is 0.928. The minimum Gasteiger partial charge on any atom is -0.496 e. The normalized spacial score (nSPS) is 10.5. The molecule has 0 radical (unpaired) electrons. The van der Waals surface area contributed by atoms with Crippen LogP contribution in [0.3, 0.4) is 0 Å². The lowest BCUT2D eigenvalue weighted by molar-refractivity contribution is 0.408. The van der Waals surface area contributed by atoms with Crippen LogP contribution in [0.2, 0.25) is 0 Å². The van der Waals surface area contributed by atoms with E-state index in [4.69, 9.17) is 10.5 Å². The van der Waals surface area contributed by atoms with Gasteiger partial charge < -0.3 is 10.5 Å². The van der Waals surface area contributed by atoms with Gasteiger partial charge in [-0.2, -0.15) is 0 Å². The van der Waals surface area contributed by atoms with Crippen molar-refractivity contribution in [1.29, 1.82) is 0 Å². The smallest absolute Gasteiger partial charge is 0.124 e. The molecule has 0 aliphatic rings. The van der Waals surface area contributed by atoms with Crippen LogP contribution in [0.4, 0.5) is 5.69 Å². The lowest BCUT2D eigenvalue weighted by atomic mass is 9.94. The Morgan fingerprint density at radius 3 is 2.21 bits per heavy atom. The fraction of sp³-hybridized carbons (Fsp3) is 0.294. The van der Waals surface area contributed by atoms with Gasteiger partial charge in [0.15, 0.2) is 0 Å². The van der Waals surface area contributed by atoms with Crippen LogP contribution in [0.15, 0.2) is 30.3 Å². The van der Waals surface area contributed by atoms with E-state index in [0.29, 0.717) is 0 Å². The lowest BCUT2D eigenvalue weighted by Gasteiger charge is -2.15. The average molecular weight is 255 g/mol. The highest BCUT2D eigenvalue weighted by atomic mass is 16.5. The number of nitrogens with two attached hydrogens (primary N) is 1. The summed E-state index contributed by atoms with van der Waals surface area (Å²) in [6.45, 7) is 6.37. The van der Waals surface area contributed by atoms with E-state index in [9.17, 15) is 0 Å². The summed E-state index contributed by atoms with van der Waals surface area (Å²) in [4.78, 5) is 0. The number of anilines is 1. The van der Waals surface area contributed by atoms with E-state index in [1.165, 1.54) is 27.8 Å². The van der Waals surface area contributed by atoms with Gasteiger partial charge in [0.2, 0.25) is 0 Å². The minimum absolute atomic E-state index is 0.808. The Hall–Kier alpha value is -1.96. The maximum atomic E-state index is 5.72. The molecule has 2 rings (SSSR count). The van der Waals surface area contributed by atoms with Crippen molar-refractivity contribution in [3.63, 3.8) is 0 Å². The first-order valence-corrected chi connectivity index (χ1v) is 6.51. The van der Waals surface area contributed by atoms with Gasteiger partial charge in [-0.05, 0) is 67.1 Å². The molecule has 2 N–H and O–H groups in total. The number of ether oxygens (including phenoxy) is 1. The summed E-state index contributed by atoms with van der Waals surface area (Å²) in [5.41, 5.74) is 12.9. The molecule has 19 heavy (non-hydrogen) atoms. The monoisotopic (exact) mass is 255 g/mol. The predicted octanol–water partition coefficient (Wildman–Crippen LogP) is 3.79. The second-order valence-corrected chi connectivity index (χ2v) is 5.05. The first-order chi connectivity index (χ1) is 9.02. The van der Waals surface area contributed by atoms with Gasteiger partial charge in [-0.25, -0.2) is 0 Å². The van der Waals surface area contributed by atoms with Gasteiger partial charge in [-0.1, -0.05) is 18.2 Å². The summed E-state index contributed by atoms with van der Waals surface area (Å²) in [5.74, 6) is 0.999. The van der Waals surface area contributed by atoms with Gasteiger partial charge in [0.25, 0.3) is 0 Å². The average Bonchev–Trinajstić information content (AvgIpc) is 2.39. The fourth-order valence-corrected chi connectivity index (χ4v) is 2.50. The van der Waals surface area contributed by atoms with Gasteiger partial charge in [-0.3, -0.25) is 0 Å². The van der Waals surface area contributed by atoms with Crippen molar-refractivity contribution in [3.05, 3.63) is 58.1 Å². The van der Waals surface area contributed by atoms with Crippen LogP contribution in [-0.2, 0) is 6.42 Å². The Bertz CT molecular complexity index is 585. The molecule has 0 saturated carbocycles. The van der Waals surface area contributed by atoms with Crippen LogP contribution in [0.1, 0.15) is 27.8 Å². The molecule has 0 aliphatic heterocycles. The van der Waals surface area contributed by atoms with Crippen LogP contribution in [0.25, 0.3) is 0 Å². The molecular weight excluding hydrogens is 234 g/mol. The molecule has 0 fully saturated rings. The zero-order valence-corrected chi connectivity index (χ0v) is 12.1. The molecule has 0 atom stereocenters. The second-order valence-electron chi connectivity index (χ2n) is 5.05. The molecule has 0 amide bonds. The Labute approximate surface area is 115 Å². The number of rotatable bonds is 3. The Morgan fingerprint density at radius 1 is 1.00 bits per heavy atom. The van der Waals surface area contributed by atoms with Crippen molar-refractivity contribution in [1.82, 2.24) is 0 Å². The Balaban J connectivity index is 2.38. The molecule has 0 aromatic heterocycles. The SMILES string of the molecule is COc1c(C)cc(Cc2ccc(N)cc2)c(C)c1C. The third-order valence-corrected chi connectivity index (χ3v) is 3.71. The quantitative estimate of drug-likeness (QED) is 0.847. The summed E-state index contributed by atoms with van der Waals surface area (Å²) in [7, 11) is 1.73. The largest absolute Gasteiger partial charge is 0.496 e. The Kier molecular flexibility index (Phi) is 3.79. The standard InChI is InChI=1S/C17H21NO/c1-11-9-15(12(2)13(3)17(11)19-4)10-14-5-7-16(18)8-6-14/h5-9H,10,18H2,1-4H3. The third-order valence-electron chi connectivity index (χ3n) is 3.71. The maximum Gasteiger partial charge on any atom is 0.124 e. The first kappa shape index (κ1) is 13.5. The molecule has 2 aromatic carbocycles. The highest BCUT2D eigenvalue weighted by molar-refractivity contribution is 5.50. The van der Waals surface area contributed by atoms with E-state index >= 15 is 0 Å². The third kappa shape index (κ3) is 2.73. The summed E-state index contributed by atoms with van der Waals surface area (Å²) in [6, 6.07) is 10.3. The van der Waals surface area contributed by atoms with Crippen LogP contribution >= 0.6 is 0 Å². The van der Waals surface area contributed by atoms with Gasteiger partial charge in [-0.15, -0.1) is 0 Å². The van der Waals surface area contributed by atoms with Crippen molar-refractivity contribution >= 4 is 5.69 Å². The number of hydrogen-bond donors (Lipinski definition) is 1. The number of aryl methyl sites for hydroxylation is 1. The van der Waals surface area contributed by atoms with E-state index in [0.717, 1.165) is 17.9 Å². The van der Waals surface area contributed by atoms with Crippen molar-refractivity contribution in [3.8, 4) is 5.75 Å². The van der Waals surface area contributed by atoms with Crippen molar-refractivity contribution in [2.24, 2.45) is 0 Å². The minimum atomic E-state index is 0.808. The summed E-state index contributed by atoms with van der Waals surface area (Å²) < 4.78 is 5.46. The lowest BCUT2D eigenvalue weighted by Crippen LogP contribution is -2.00. The molecule has 100 valence electrons. The zero-order chi connectivity index (χ0) is 14.0. The van der Waals surface area contributed by atoms with Gasteiger partial charge in [0.1, 0.15) is 5.75 Å². The molecule has 0 spiro atoms. The first-order valence-electron chi connectivity index (χ1n) is 6.51. The topological polar surface area (TPSA) is 35.2 Å². The zero-order valence-electron chi connectivity index (χ0n) is 12.1. The number of nitrogen functional groups attached to an aromatic ring is 1. The molecule has 0 unspecified atom stereocenters. The fourth-order valence-electron chi connectivity index (χ4n) is 2.50. The summed E-state index contributed by atoms with van der Waals surface area (Å²) in [5, 5.41) is 0. The molecule has 2 heteroatoms. The van der Waals surface area contributed by atoms with Crippen LogP contribution in [0, 0.1) is 20.8 Å². The van der Waals surface area contributed by atoms with Crippen molar-refractivity contribution in [2.75, 3.05) is 12.8 Å². The molecule has 0 aliphatic carbocycles. The van der Waals surface area contributed by atoms with E-state index < -0.39 is 0 Å². The van der Waals surface area contributed by atoms with E-state index in [-0.39, 0.29) is 0 Å². The van der Waals surface area contributed by atoms with Crippen LogP contribution < -0.4 is 10.5 Å². The van der Waals surface area contributed by atoms with Gasteiger partial charge >= 0.3 is 0 Å². The molecule has 0 bridgehead atoms. The highest BCUT2D eigenvalue weighted by Gasteiger charge is 2.10. The van der Waals surface area contributed by atoms with E-state index in [2.05, 4.69) is 39.0 Å². The van der Waals surface area contributed by atoms with E-state index in [1.54, 1.807) is 7.11 Å². The highest BCUT2D eigenvalue weighted by Crippen LogP contribution is 2.29. The number of benzene rings is 2. The van der Waals surface area contributed by atoms with Gasteiger partial charge in [0, 0.05) is 5.69 Å². The molecule has 0 heterocycles. The number of methoxy groups -OCH3 is 1. The Morgan fingerprint density at radius 2 is 1.63 bits per heavy atom. The maximum absolute atomic E-state index is 5.72. The van der Waals surface area contributed by atoms with Crippen molar-refractivity contribution < 1.29 is 4.74 Å². The van der Waals surface area contributed by atoms with E-state index in [1.807, 2.05) is 12.1 Å². The van der Waals surface area contributed by atoms with Crippen molar-refractivity contribution in [2.45, 2.75) is 27.2 Å². The second kappa shape index (κ2) is 5.35. The molecule has 2 aromatic rings. The summed E-state index contributed by atoms with van der Waals surface area (Å²) >= 11 is 0. The van der Waals surface area contributed by atoms with Crippen LogP contribution in [0.5, 0.6) is 5.75 Å². The number of hydrogen-bond acceptors (Lipinski definition) is 2.